The highest BCUT2D eigenvalue weighted by atomic mass is 16.4. The van der Waals surface area contributed by atoms with E-state index in [-0.39, 0.29) is 31.8 Å². The molecule has 0 aromatic rings. The fourth-order valence-corrected chi connectivity index (χ4v) is 3.27. The number of hydrogen-bond donors (Lipinski definition) is 3. The van der Waals surface area contributed by atoms with Crippen molar-refractivity contribution in [3.05, 3.63) is 0 Å². The normalized spacial score (nSPS) is 29.7. The van der Waals surface area contributed by atoms with E-state index in [2.05, 4.69) is 0 Å². The summed E-state index contributed by atoms with van der Waals surface area (Å²) >= 11 is 0. The van der Waals surface area contributed by atoms with Crippen LogP contribution in [0, 0.1) is 5.41 Å². The summed E-state index contributed by atoms with van der Waals surface area (Å²) in [5.41, 5.74) is -0.429. The van der Waals surface area contributed by atoms with E-state index in [1.165, 1.54) is 4.90 Å². The van der Waals surface area contributed by atoms with Crippen molar-refractivity contribution in [3.8, 4) is 0 Å². The van der Waals surface area contributed by atoms with Gasteiger partial charge in [0.05, 0.1) is 18.6 Å². The number of carboxylic acid groups (broad SMARTS) is 1. The van der Waals surface area contributed by atoms with Gasteiger partial charge in [-0.15, -0.1) is 0 Å². The minimum absolute atomic E-state index is 0.0255. The number of likely N-dealkylation sites (tertiary alicyclic amines) is 1. The number of amides is 1. The maximum atomic E-state index is 12.2. The Labute approximate surface area is 112 Å². The summed E-state index contributed by atoms with van der Waals surface area (Å²) in [5.74, 6) is -1.02. The van der Waals surface area contributed by atoms with Gasteiger partial charge in [-0.2, -0.15) is 0 Å². The molecule has 6 nitrogen and oxygen atoms in total. The lowest BCUT2D eigenvalue weighted by molar-refractivity contribution is -0.141. The number of hydrogen-bond acceptors (Lipinski definition) is 4. The van der Waals surface area contributed by atoms with Crippen LogP contribution in [0.15, 0.2) is 0 Å². The first-order valence-electron chi connectivity index (χ1n) is 6.78. The lowest BCUT2D eigenvalue weighted by Gasteiger charge is -2.28. The summed E-state index contributed by atoms with van der Waals surface area (Å²) in [6.45, 7) is 0.284. The number of rotatable bonds is 4. The predicted octanol–water partition coefficient (Wildman–Crippen LogP) is -0.0244. The van der Waals surface area contributed by atoms with Gasteiger partial charge in [0.1, 0.15) is 0 Å². The van der Waals surface area contributed by atoms with E-state index in [9.17, 15) is 19.8 Å². The number of aliphatic hydroxyl groups is 2. The lowest BCUT2D eigenvalue weighted by Crippen LogP contribution is -2.35. The topological polar surface area (TPSA) is 98.1 Å². The maximum Gasteiger partial charge on any atom is 0.303 e. The van der Waals surface area contributed by atoms with E-state index in [1.54, 1.807) is 0 Å². The Morgan fingerprint density at radius 2 is 1.58 bits per heavy atom. The zero-order valence-electron chi connectivity index (χ0n) is 10.9. The van der Waals surface area contributed by atoms with Crippen molar-refractivity contribution in [1.29, 1.82) is 0 Å². The molecule has 0 aromatic heterocycles. The molecule has 0 unspecified atom stereocenters. The number of carbonyl (C=O) groups excluding carboxylic acids is 1. The standard InChI is InChI=1S/C13H21NO5/c15-9-7-14(8-10(9)16)11(17)5-13(6-12(18)19)3-1-2-4-13/h9-10,15-16H,1-8H2,(H,18,19)/t9-,10+. The number of carbonyl (C=O) groups is 2. The van der Waals surface area contributed by atoms with Crippen LogP contribution in [0.3, 0.4) is 0 Å². The van der Waals surface area contributed by atoms with E-state index in [0.717, 1.165) is 25.7 Å². The van der Waals surface area contributed by atoms with Crippen molar-refractivity contribution in [3.63, 3.8) is 0 Å². The quantitative estimate of drug-likeness (QED) is 0.667. The summed E-state index contributed by atoms with van der Waals surface area (Å²) in [4.78, 5) is 24.6. The molecular weight excluding hydrogens is 250 g/mol. The van der Waals surface area contributed by atoms with Crippen LogP contribution in [0.2, 0.25) is 0 Å². The van der Waals surface area contributed by atoms with Gasteiger partial charge in [-0.1, -0.05) is 12.8 Å². The average Bonchev–Trinajstić information content (AvgIpc) is 2.87. The molecule has 1 amide bonds. The van der Waals surface area contributed by atoms with Gasteiger partial charge in [0.15, 0.2) is 0 Å². The van der Waals surface area contributed by atoms with Gasteiger partial charge in [-0.25, -0.2) is 0 Å². The third-order valence-electron chi connectivity index (χ3n) is 4.33. The van der Waals surface area contributed by atoms with Gasteiger partial charge in [-0.3, -0.25) is 9.59 Å². The number of aliphatic hydroxyl groups excluding tert-OH is 2. The number of β-amino-alcohol motifs (C(OH)–C–C–N with tert-alkyl or cyclic N) is 2. The molecule has 6 heteroatoms. The molecule has 108 valence electrons. The van der Waals surface area contributed by atoms with Crippen LogP contribution >= 0.6 is 0 Å². The maximum absolute atomic E-state index is 12.2. The number of carboxylic acids is 1. The minimum Gasteiger partial charge on any atom is -0.481 e. The summed E-state index contributed by atoms with van der Waals surface area (Å²) in [5, 5.41) is 27.9. The predicted molar refractivity (Wildman–Crippen MR) is 66.4 cm³/mol. The first-order chi connectivity index (χ1) is 8.92. The molecule has 1 aliphatic carbocycles. The fourth-order valence-electron chi connectivity index (χ4n) is 3.27. The van der Waals surface area contributed by atoms with E-state index >= 15 is 0 Å². The van der Waals surface area contributed by atoms with Crippen LogP contribution in [0.1, 0.15) is 38.5 Å². The molecule has 3 N–H and O–H groups in total. The molecule has 1 heterocycles. The van der Waals surface area contributed by atoms with E-state index < -0.39 is 23.6 Å². The second-order valence-corrected chi connectivity index (χ2v) is 5.89. The number of aliphatic carboxylic acids is 1. The van der Waals surface area contributed by atoms with Gasteiger partial charge >= 0.3 is 5.97 Å². The van der Waals surface area contributed by atoms with Gasteiger partial charge in [0, 0.05) is 19.5 Å². The fraction of sp³-hybridized carbons (Fsp3) is 0.846. The Bertz CT molecular complexity index is 354. The zero-order chi connectivity index (χ0) is 14.0. The Morgan fingerprint density at radius 1 is 1.05 bits per heavy atom. The van der Waals surface area contributed by atoms with Gasteiger partial charge in [-0.05, 0) is 18.3 Å². The summed E-state index contributed by atoms with van der Waals surface area (Å²) in [6.07, 6.45) is 1.92. The smallest absolute Gasteiger partial charge is 0.303 e. The summed E-state index contributed by atoms with van der Waals surface area (Å²) in [6, 6.07) is 0. The van der Waals surface area contributed by atoms with Crippen molar-refractivity contribution in [2.75, 3.05) is 13.1 Å². The molecule has 1 aliphatic heterocycles. The van der Waals surface area contributed by atoms with E-state index in [1.807, 2.05) is 0 Å². The molecule has 2 rings (SSSR count). The van der Waals surface area contributed by atoms with Crippen molar-refractivity contribution < 1.29 is 24.9 Å². The van der Waals surface area contributed by atoms with Crippen molar-refractivity contribution in [1.82, 2.24) is 4.90 Å². The van der Waals surface area contributed by atoms with E-state index in [0.29, 0.717) is 0 Å². The highest BCUT2D eigenvalue weighted by molar-refractivity contribution is 5.78. The largest absolute Gasteiger partial charge is 0.481 e. The van der Waals surface area contributed by atoms with Crippen LogP contribution < -0.4 is 0 Å². The van der Waals surface area contributed by atoms with Gasteiger partial charge in [0.25, 0.3) is 0 Å². The zero-order valence-corrected chi connectivity index (χ0v) is 10.9. The van der Waals surface area contributed by atoms with E-state index in [4.69, 9.17) is 5.11 Å². The molecular formula is C13H21NO5. The van der Waals surface area contributed by atoms with Crippen LogP contribution in [0.5, 0.6) is 0 Å². The molecule has 2 atom stereocenters. The molecule has 0 aromatic carbocycles. The lowest BCUT2D eigenvalue weighted by atomic mass is 9.79. The second-order valence-electron chi connectivity index (χ2n) is 5.89. The van der Waals surface area contributed by atoms with Crippen LogP contribution in [0.4, 0.5) is 0 Å². The minimum atomic E-state index is -0.886. The van der Waals surface area contributed by atoms with Crippen molar-refractivity contribution in [2.24, 2.45) is 5.41 Å². The molecule has 0 radical (unpaired) electrons. The van der Waals surface area contributed by atoms with Crippen LogP contribution in [0.25, 0.3) is 0 Å². The summed E-state index contributed by atoms with van der Waals surface area (Å²) in [7, 11) is 0. The monoisotopic (exact) mass is 271 g/mol. The highest BCUT2D eigenvalue weighted by Crippen LogP contribution is 2.44. The highest BCUT2D eigenvalue weighted by Gasteiger charge is 2.41. The first-order valence-corrected chi connectivity index (χ1v) is 6.78. The molecule has 2 fully saturated rings. The Morgan fingerprint density at radius 3 is 2.05 bits per heavy atom. The van der Waals surface area contributed by atoms with Gasteiger partial charge < -0.3 is 20.2 Å². The first kappa shape index (κ1) is 14.3. The third-order valence-corrected chi connectivity index (χ3v) is 4.33. The van der Waals surface area contributed by atoms with Crippen LogP contribution in [-0.4, -0.2) is 57.4 Å². The average molecular weight is 271 g/mol. The molecule has 2 aliphatic rings. The Balaban J connectivity index is 1.98. The Hall–Kier alpha value is -1.14. The van der Waals surface area contributed by atoms with Gasteiger partial charge in [0.2, 0.25) is 5.91 Å². The molecule has 0 bridgehead atoms. The molecule has 1 saturated carbocycles. The van der Waals surface area contributed by atoms with Crippen molar-refractivity contribution in [2.45, 2.75) is 50.7 Å². The summed E-state index contributed by atoms with van der Waals surface area (Å²) < 4.78 is 0. The number of nitrogens with zero attached hydrogens (tertiary/aromatic N) is 1. The third kappa shape index (κ3) is 3.25. The van der Waals surface area contributed by atoms with Crippen LogP contribution in [-0.2, 0) is 9.59 Å². The SMILES string of the molecule is O=C(O)CC1(CC(=O)N2C[C@@H](O)[C@@H](O)C2)CCCC1. The molecule has 19 heavy (non-hydrogen) atoms. The molecule has 0 spiro atoms. The molecule has 1 saturated heterocycles. The Kier molecular flexibility index (Phi) is 4.10. The van der Waals surface area contributed by atoms with Crippen molar-refractivity contribution >= 4 is 11.9 Å². The second kappa shape index (κ2) is 5.46.